The predicted octanol–water partition coefficient (Wildman–Crippen LogP) is -0.365. The molecule has 7 nitrogen and oxygen atoms in total. The number of carbonyl (C=O) groups excluding carboxylic acids is 3. The van der Waals surface area contributed by atoms with Crippen molar-refractivity contribution in [3.63, 3.8) is 0 Å². The van der Waals surface area contributed by atoms with Crippen LogP contribution in [-0.4, -0.2) is 54.8 Å². The molecule has 22 heavy (non-hydrogen) atoms. The number of nitrogens with zero attached hydrogens (tertiary/aromatic N) is 1. The summed E-state index contributed by atoms with van der Waals surface area (Å²) in [6, 6.07) is -1.07. The molecule has 0 aromatic heterocycles. The number of hydrogen-bond acceptors (Lipinski definition) is 4. The summed E-state index contributed by atoms with van der Waals surface area (Å²) in [7, 11) is 1.56. The monoisotopic (exact) mass is 334 g/mol. The number of amides is 3. The first kappa shape index (κ1) is 20.7. The van der Waals surface area contributed by atoms with Crippen LogP contribution in [-0.2, 0) is 14.4 Å². The van der Waals surface area contributed by atoms with Gasteiger partial charge in [-0.1, -0.05) is 13.8 Å². The van der Waals surface area contributed by atoms with Gasteiger partial charge in [0.2, 0.25) is 17.7 Å². The lowest BCUT2D eigenvalue weighted by Crippen LogP contribution is -2.54. The SMILES string of the molecule is CNC(=O)C1CCCCN1C(=O)CNC(=O)[C@@H](N)C(C)C.Cl. The Morgan fingerprint density at radius 2 is 1.91 bits per heavy atom. The normalized spacial score (nSPS) is 19.1. The molecule has 1 rings (SSSR count). The predicted molar refractivity (Wildman–Crippen MR) is 86.5 cm³/mol. The van der Waals surface area contributed by atoms with Gasteiger partial charge in [-0.25, -0.2) is 0 Å². The number of piperidine rings is 1. The van der Waals surface area contributed by atoms with Crippen LogP contribution in [0.15, 0.2) is 0 Å². The Hall–Kier alpha value is -1.34. The lowest BCUT2D eigenvalue weighted by atomic mass is 10.0. The van der Waals surface area contributed by atoms with Gasteiger partial charge in [0.1, 0.15) is 6.04 Å². The lowest BCUT2D eigenvalue weighted by molar-refractivity contribution is -0.142. The third-order valence-corrected chi connectivity index (χ3v) is 3.81. The van der Waals surface area contributed by atoms with Crippen molar-refractivity contribution in [1.82, 2.24) is 15.5 Å². The van der Waals surface area contributed by atoms with Crippen molar-refractivity contribution in [3.8, 4) is 0 Å². The van der Waals surface area contributed by atoms with E-state index in [2.05, 4.69) is 10.6 Å². The summed E-state index contributed by atoms with van der Waals surface area (Å²) in [4.78, 5) is 37.3. The first-order valence-electron chi connectivity index (χ1n) is 7.42. The van der Waals surface area contributed by atoms with Crippen molar-refractivity contribution in [2.24, 2.45) is 11.7 Å². The molecular weight excluding hydrogens is 308 g/mol. The molecule has 1 aliphatic rings. The van der Waals surface area contributed by atoms with E-state index in [0.717, 1.165) is 12.8 Å². The molecule has 1 saturated heterocycles. The second-order valence-electron chi connectivity index (χ2n) is 5.70. The zero-order valence-corrected chi connectivity index (χ0v) is 14.2. The Morgan fingerprint density at radius 3 is 2.45 bits per heavy atom. The molecule has 1 aliphatic heterocycles. The lowest BCUT2D eigenvalue weighted by Gasteiger charge is -2.34. The molecule has 0 bridgehead atoms. The average molecular weight is 335 g/mol. The first-order chi connectivity index (χ1) is 9.88. The minimum atomic E-state index is -0.631. The van der Waals surface area contributed by atoms with Crippen molar-refractivity contribution in [3.05, 3.63) is 0 Å². The smallest absolute Gasteiger partial charge is 0.242 e. The van der Waals surface area contributed by atoms with Gasteiger partial charge in [-0.3, -0.25) is 14.4 Å². The highest BCUT2D eigenvalue weighted by molar-refractivity contribution is 5.91. The van der Waals surface area contributed by atoms with Gasteiger partial charge >= 0.3 is 0 Å². The van der Waals surface area contributed by atoms with Crippen molar-refractivity contribution in [1.29, 1.82) is 0 Å². The summed E-state index contributed by atoms with van der Waals surface area (Å²) >= 11 is 0. The number of halogens is 1. The summed E-state index contributed by atoms with van der Waals surface area (Å²) in [5.74, 6) is -0.735. The van der Waals surface area contributed by atoms with E-state index in [4.69, 9.17) is 5.73 Å². The van der Waals surface area contributed by atoms with Crippen LogP contribution in [0.25, 0.3) is 0 Å². The van der Waals surface area contributed by atoms with E-state index in [1.807, 2.05) is 13.8 Å². The maximum Gasteiger partial charge on any atom is 0.242 e. The second kappa shape index (κ2) is 9.63. The molecule has 0 aliphatic carbocycles. The van der Waals surface area contributed by atoms with Crippen molar-refractivity contribution in [2.45, 2.75) is 45.2 Å². The minimum absolute atomic E-state index is 0. The van der Waals surface area contributed by atoms with Crippen LogP contribution in [0.4, 0.5) is 0 Å². The van der Waals surface area contributed by atoms with Crippen molar-refractivity contribution < 1.29 is 14.4 Å². The van der Waals surface area contributed by atoms with Crippen molar-refractivity contribution >= 4 is 30.1 Å². The van der Waals surface area contributed by atoms with Crippen LogP contribution in [0.2, 0.25) is 0 Å². The van der Waals surface area contributed by atoms with Crippen LogP contribution < -0.4 is 16.4 Å². The van der Waals surface area contributed by atoms with Gasteiger partial charge < -0.3 is 21.3 Å². The van der Waals surface area contributed by atoms with Gasteiger partial charge in [0.05, 0.1) is 12.6 Å². The van der Waals surface area contributed by atoms with Crippen LogP contribution in [0.5, 0.6) is 0 Å². The fourth-order valence-electron chi connectivity index (χ4n) is 2.35. The topological polar surface area (TPSA) is 105 Å². The molecule has 3 amide bonds. The van der Waals surface area contributed by atoms with Gasteiger partial charge in [-0.2, -0.15) is 0 Å². The van der Waals surface area contributed by atoms with Gasteiger partial charge in [-0.15, -0.1) is 12.4 Å². The second-order valence-corrected chi connectivity index (χ2v) is 5.70. The summed E-state index contributed by atoms with van der Waals surface area (Å²) in [5, 5.41) is 5.13. The van der Waals surface area contributed by atoms with Crippen LogP contribution in [0.3, 0.4) is 0 Å². The van der Waals surface area contributed by atoms with Gasteiger partial charge in [0.25, 0.3) is 0 Å². The largest absolute Gasteiger partial charge is 0.357 e. The van der Waals surface area contributed by atoms with E-state index >= 15 is 0 Å². The summed E-state index contributed by atoms with van der Waals surface area (Å²) in [5.41, 5.74) is 5.72. The highest BCUT2D eigenvalue weighted by Crippen LogP contribution is 2.17. The highest BCUT2D eigenvalue weighted by Gasteiger charge is 2.31. The van der Waals surface area contributed by atoms with Gasteiger partial charge in [0.15, 0.2) is 0 Å². The average Bonchev–Trinajstić information content (AvgIpc) is 2.50. The molecule has 128 valence electrons. The zero-order valence-electron chi connectivity index (χ0n) is 13.4. The Bertz CT molecular complexity index is 404. The van der Waals surface area contributed by atoms with Crippen LogP contribution >= 0.6 is 12.4 Å². The molecule has 1 fully saturated rings. The number of nitrogens with two attached hydrogens (primary N) is 1. The number of likely N-dealkylation sites (N-methyl/N-ethyl adjacent to an activating group) is 1. The number of carbonyl (C=O) groups is 3. The molecule has 2 atom stereocenters. The quantitative estimate of drug-likeness (QED) is 0.638. The fraction of sp³-hybridized carbons (Fsp3) is 0.786. The van der Waals surface area contributed by atoms with Gasteiger partial charge in [-0.05, 0) is 25.2 Å². The van der Waals surface area contributed by atoms with Crippen molar-refractivity contribution in [2.75, 3.05) is 20.1 Å². The molecule has 8 heteroatoms. The molecule has 0 spiro atoms. The molecule has 0 saturated carbocycles. The minimum Gasteiger partial charge on any atom is -0.357 e. The summed E-state index contributed by atoms with van der Waals surface area (Å²) in [6.07, 6.45) is 2.45. The standard InChI is InChI=1S/C14H26N4O3.ClH/c1-9(2)12(15)14(21)17-8-11(19)18-7-5-4-6-10(18)13(20)16-3;/h9-10,12H,4-8,15H2,1-3H3,(H,16,20)(H,17,21);1H/t10?,12-;/m0./s1. The van der Waals surface area contributed by atoms with E-state index < -0.39 is 12.1 Å². The molecule has 4 N–H and O–H groups in total. The summed E-state index contributed by atoms with van der Waals surface area (Å²) < 4.78 is 0. The molecule has 1 heterocycles. The molecule has 0 aromatic rings. The molecule has 0 aromatic carbocycles. The third-order valence-electron chi connectivity index (χ3n) is 3.81. The number of nitrogens with one attached hydrogen (secondary N) is 2. The molecule has 0 radical (unpaired) electrons. The maximum absolute atomic E-state index is 12.2. The Kier molecular flexibility index (Phi) is 9.04. The van der Waals surface area contributed by atoms with E-state index in [0.29, 0.717) is 13.0 Å². The van der Waals surface area contributed by atoms with Crippen LogP contribution in [0, 0.1) is 5.92 Å². The van der Waals surface area contributed by atoms with Gasteiger partial charge in [0, 0.05) is 13.6 Å². The van der Waals surface area contributed by atoms with E-state index in [9.17, 15) is 14.4 Å². The van der Waals surface area contributed by atoms with E-state index in [1.165, 1.54) is 0 Å². The van der Waals surface area contributed by atoms with Crippen LogP contribution in [0.1, 0.15) is 33.1 Å². The highest BCUT2D eigenvalue weighted by atomic mass is 35.5. The number of hydrogen-bond donors (Lipinski definition) is 3. The summed E-state index contributed by atoms with van der Waals surface area (Å²) in [6.45, 7) is 4.12. The van der Waals surface area contributed by atoms with E-state index in [-0.39, 0.29) is 42.6 Å². The Labute approximate surface area is 137 Å². The zero-order chi connectivity index (χ0) is 16.0. The van der Waals surface area contributed by atoms with E-state index in [1.54, 1.807) is 11.9 Å². The fourth-order valence-corrected chi connectivity index (χ4v) is 2.35. The number of rotatable bonds is 5. The third kappa shape index (κ3) is 5.46. The maximum atomic E-state index is 12.2. The number of likely N-dealkylation sites (tertiary alicyclic amines) is 1. The first-order valence-corrected chi connectivity index (χ1v) is 7.42. The Morgan fingerprint density at radius 1 is 1.27 bits per heavy atom. The molecular formula is C14H27ClN4O3. The molecule has 1 unspecified atom stereocenters. The Balaban J connectivity index is 0.00000441.